The summed E-state index contributed by atoms with van der Waals surface area (Å²) in [5, 5.41) is 10.5. The fraction of sp³-hybridized carbons (Fsp3) is 0.762. The number of hydrogen-bond donors (Lipinski definition) is 2. The predicted molar refractivity (Wildman–Crippen MR) is 107 cm³/mol. The first kappa shape index (κ1) is 20.8. The highest BCUT2D eigenvalue weighted by atomic mass is 16.5. The minimum Gasteiger partial charge on any atom is -0.376 e. The number of rotatable bonds is 6. The van der Waals surface area contributed by atoms with Crippen molar-refractivity contribution in [1.82, 2.24) is 20.4 Å². The number of amides is 2. The van der Waals surface area contributed by atoms with Gasteiger partial charge in [-0.2, -0.15) is 5.10 Å². The minimum atomic E-state index is -0.270. The Labute approximate surface area is 167 Å². The molecule has 1 aliphatic carbocycles. The van der Waals surface area contributed by atoms with Crippen LogP contribution in [0.5, 0.6) is 0 Å². The summed E-state index contributed by atoms with van der Waals surface area (Å²) in [7, 11) is 1.75. The van der Waals surface area contributed by atoms with Gasteiger partial charge in [-0.15, -0.1) is 0 Å². The zero-order chi connectivity index (χ0) is 20.5. The van der Waals surface area contributed by atoms with Gasteiger partial charge in [0, 0.05) is 44.1 Å². The molecular formula is C21H34N4O3. The van der Waals surface area contributed by atoms with Gasteiger partial charge in [-0.25, -0.2) is 0 Å². The number of hydrogen-bond acceptors (Lipinski definition) is 4. The van der Waals surface area contributed by atoms with E-state index in [1.807, 2.05) is 32.6 Å². The molecule has 3 rings (SSSR count). The number of carbonyl (C=O) groups excluding carboxylic acids is 2. The van der Waals surface area contributed by atoms with Crippen LogP contribution in [0, 0.1) is 19.8 Å². The van der Waals surface area contributed by atoms with Crippen LogP contribution in [0.2, 0.25) is 0 Å². The molecule has 1 saturated carbocycles. The summed E-state index contributed by atoms with van der Waals surface area (Å²) >= 11 is 0. The van der Waals surface area contributed by atoms with Crippen LogP contribution in [0.4, 0.5) is 0 Å². The lowest BCUT2D eigenvalue weighted by Gasteiger charge is -2.44. The van der Waals surface area contributed by atoms with Crippen LogP contribution in [0.25, 0.3) is 0 Å². The van der Waals surface area contributed by atoms with Crippen molar-refractivity contribution in [1.29, 1.82) is 0 Å². The number of aromatic nitrogens is 2. The van der Waals surface area contributed by atoms with E-state index in [9.17, 15) is 9.59 Å². The van der Waals surface area contributed by atoms with Gasteiger partial charge < -0.3 is 15.0 Å². The largest absolute Gasteiger partial charge is 0.376 e. The lowest BCUT2D eigenvalue weighted by Crippen LogP contribution is -2.56. The Morgan fingerprint density at radius 3 is 2.71 bits per heavy atom. The molecule has 28 heavy (non-hydrogen) atoms. The second-order valence-corrected chi connectivity index (χ2v) is 8.68. The number of carbonyl (C=O) groups is 2. The maximum absolute atomic E-state index is 13.0. The molecule has 2 fully saturated rings. The van der Waals surface area contributed by atoms with E-state index in [2.05, 4.69) is 15.5 Å². The molecule has 0 bridgehead atoms. The van der Waals surface area contributed by atoms with Crippen LogP contribution in [0.1, 0.15) is 62.9 Å². The molecular weight excluding hydrogens is 356 g/mol. The lowest BCUT2D eigenvalue weighted by atomic mass is 9.78. The van der Waals surface area contributed by atoms with Crippen LogP contribution < -0.4 is 5.32 Å². The number of ether oxygens (including phenoxy) is 1. The van der Waals surface area contributed by atoms with E-state index in [0.29, 0.717) is 12.8 Å². The van der Waals surface area contributed by atoms with Crippen molar-refractivity contribution in [2.24, 2.45) is 5.92 Å². The molecule has 2 N–H and O–H groups in total. The van der Waals surface area contributed by atoms with Crippen LogP contribution in [-0.4, -0.2) is 58.3 Å². The van der Waals surface area contributed by atoms with Gasteiger partial charge in [0.2, 0.25) is 11.8 Å². The van der Waals surface area contributed by atoms with E-state index in [1.165, 1.54) is 0 Å². The van der Waals surface area contributed by atoms with Crippen molar-refractivity contribution in [3.05, 3.63) is 17.0 Å². The number of aryl methyl sites for hydroxylation is 2. The van der Waals surface area contributed by atoms with Gasteiger partial charge in [0.1, 0.15) is 0 Å². The maximum atomic E-state index is 13.0. The van der Waals surface area contributed by atoms with Crippen molar-refractivity contribution in [3.63, 3.8) is 0 Å². The standard InChI is InChI=1S/C21H34N4O3/c1-13(2)20(27)22-16-8-9-21(28-5)10-11-25(18(21)12-16)19(26)7-6-17-14(3)15(4)23-24-17/h13,16,18H,6-12H2,1-5H3,(H,22,27)(H,23,24)/t16-,18+,21-/m1/s1. The molecule has 1 aromatic heterocycles. The highest BCUT2D eigenvalue weighted by Crippen LogP contribution is 2.42. The third-order valence-electron chi connectivity index (χ3n) is 6.71. The van der Waals surface area contributed by atoms with Crippen molar-refractivity contribution in [3.8, 4) is 0 Å². The second-order valence-electron chi connectivity index (χ2n) is 8.68. The van der Waals surface area contributed by atoms with E-state index in [1.54, 1.807) is 7.11 Å². The Balaban J connectivity index is 1.66. The number of methoxy groups -OCH3 is 1. The smallest absolute Gasteiger partial charge is 0.223 e. The topological polar surface area (TPSA) is 87.3 Å². The molecule has 1 saturated heterocycles. The molecule has 2 heterocycles. The van der Waals surface area contributed by atoms with Gasteiger partial charge in [0.15, 0.2) is 0 Å². The molecule has 0 unspecified atom stereocenters. The Morgan fingerprint density at radius 2 is 2.11 bits per heavy atom. The molecule has 2 amide bonds. The molecule has 3 atom stereocenters. The van der Waals surface area contributed by atoms with Crippen molar-refractivity contribution >= 4 is 11.8 Å². The van der Waals surface area contributed by atoms with Gasteiger partial charge in [0.05, 0.1) is 17.3 Å². The summed E-state index contributed by atoms with van der Waals surface area (Å²) in [6.07, 6.45) is 4.50. The molecule has 7 nitrogen and oxygen atoms in total. The quantitative estimate of drug-likeness (QED) is 0.780. The SMILES string of the molecule is CO[C@@]12CC[C@@H](NC(=O)C(C)C)C[C@@H]1N(C(=O)CCc1n[nH]c(C)c1C)CC2. The van der Waals surface area contributed by atoms with Crippen LogP contribution in [0.3, 0.4) is 0 Å². The first-order chi connectivity index (χ1) is 13.3. The van der Waals surface area contributed by atoms with Crippen LogP contribution in [0.15, 0.2) is 0 Å². The Morgan fingerprint density at radius 1 is 1.36 bits per heavy atom. The minimum absolute atomic E-state index is 0.0261. The second kappa shape index (κ2) is 8.23. The van der Waals surface area contributed by atoms with Crippen molar-refractivity contribution in [2.45, 2.75) is 83.9 Å². The van der Waals surface area contributed by atoms with E-state index in [0.717, 1.165) is 49.2 Å². The molecule has 0 spiro atoms. The fourth-order valence-electron chi connectivity index (χ4n) is 4.64. The summed E-state index contributed by atoms with van der Waals surface area (Å²) in [4.78, 5) is 27.2. The summed E-state index contributed by atoms with van der Waals surface area (Å²) in [6, 6.07) is 0.131. The molecule has 1 aliphatic heterocycles. The zero-order valence-electron chi connectivity index (χ0n) is 17.8. The zero-order valence-corrected chi connectivity index (χ0v) is 17.8. The van der Waals surface area contributed by atoms with E-state index < -0.39 is 0 Å². The number of nitrogens with zero attached hydrogens (tertiary/aromatic N) is 2. The third kappa shape index (κ3) is 3.95. The van der Waals surface area contributed by atoms with Crippen LogP contribution >= 0.6 is 0 Å². The molecule has 156 valence electrons. The van der Waals surface area contributed by atoms with Gasteiger partial charge in [-0.05, 0) is 45.1 Å². The average molecular weight is 391 g/mol. The highest BCUT2D eigenvalue weighted by Gasteiger charge is 2.52. The highest BCUT2D eigenvalue weighted by molar-refractivity contribution is 5.78. The van der Waals surface area contributed by atoms with Gasteiger partial charge in [-0.1, -0.05) is 13.8 Å². The fourth-order valence-corrected chi connectivity index (χ4v) is 4.64. The molecule has 0 aromatic carbocycles. The number of fused-ring (bicyclic) bond motifs is 1. The number of nitrogens with one attached hydrogen (secondary N) is 2. The first-order valence-corrected chi connectivity index (χ1v) is 10.4. The van der Waals surface area contributed by atoms with Crippen molar-refractivity contribution in [2.75, 3.05) is 13.7 Å². The average Bonchev–Trinajstić information content (AvgIpc) is 3.21. The number of likely N-dealkylation sites (tertiary alicyclic amines) is 1. The first-order valence-electron chi connectivity index (χ1n) is 10.4. The molecule has 7 heteroatoms. The van der Waals surface area contributed by atoms with Crippen molar-refractivity contribution < 1.29 is 14.3 Å². The van der Waals surface area contributed by atoms with Crippen LogP contribution in [-0.2, 0) is 20.7 Å². The molecule has 2 aliphatic rings. The summed E-state index contributed by atoms with van der Waals surface area (Å²) in [6.45, 7) is 8.56. The molecule has 0 radical (unpaired) electrons. The Hall–Kier alpha value is -1.89. The summed E-state index contributed by atoms with van der Waals surface area (Å²) in [5.74, 6) is 0.200. The Kier molecular flexibility index (Phi) is 6.12. The van der Waals surface area contributed by atoms with Gasteiger partial charge in [0.25, 0.3) is 0 Å². The Bertz CT molecular complexity index is 729. The summed E-state index contributed by atoms with van der Waals surface area (Å²) in [5.41, 5.74) is 2.88. The van der Waals surface area contributed by atoms with E-state index in [4.69, 9.17) is 4.74 Å². The number of aromatic amines is 1. The molecule has 1 aromatic rings. The van der Waals surface area contributed by atoms with Gasteiger partial charge >= 0.3 is 0 Å². The third-order valence-corrected chi connectivity index (χ3v) is 6.71. The van der Waals surface area contributed by atoms with E-state index >= 15 is 0 Å². The van der Waals surface area contributed by atoms with Gasteiger partial charge in [-0.3, -0.25) is 14.7 Å². The maximum Gasteiger partial charge on any atom is 0.223 e. The summed E-state index contributed by atoms with van der Waals surface area (Å²) < 4.78 is 5.95. The van der Waals surface area contributed by atoms with E-state index in [-0.39, 0.29) is 35.4 Å². The monoisotopic (exact) mass is 390 g/mol. The normalized spacial score (nSPS) is 27.1. The number of H-pyrrole nitrogens is 1. The lowest BCUT2D eigenvalue weighted by molar-refractivity contribution is -0.138. The predicted octanol–water partition coefficient (Wildman–Crippen LogP) is 2.27.